The van der Waals surface area contributed by atoms with Gasteiger partial charge in [0.2, 0.25) is 5.91 Å². The van der Waals surface area contributed by atoms with Crippen LogP contribution in [0.1, 0.15) is 25.5 Å². The molecular weight excluding hydrogens is 222 g/mol. The van der Waals surface area contributed by atoms with E-state index in [9.17, 15) is 9.59 Å². The van der Waals surface area contributed by atoms with Gasteiger partial charge in [0.05, 0.1) is 6.42 Å². The molecule has 0 bridgehead atoms. The Morgan fingerprint density at radius 1 is 1.59 bits per heavy atom. The zero-order valence-corrected chi connectivity index (χ0v) is 9.77. The Morgan fingerprint density at radius 2 is 2.35 bits per heavy atom. The molecule has 1 amide bonds. The fourth-order valence-corrected chi connectivity index (χ4v) is 1.38. The highest BCUT2D eigenvalue weighted by Crippen LogP contribution is 2.04. The number of hydrogen-bond donors (Lipinski definition) is 3. The molecule has 0 fully saturated rings. The standard InChI is InChI=1S/C11H17N3O3/c1-8(2-3-11(16)17)7-12-10(15)6-9-4-5-13-14-9/h4-5,8H,2-3,6-7H2,1H3,(H,12,15)(H,13,14)(H,16,17). The summed E-state index contributed by atoms with van der Waals surface area (Å²) in [4.78, 5) is 21.8. The predicted molar refractivity (Wildman–Crippen MR) is 61.3 cm³/mol. The predicted octanol–water partition coefficient (Wildman–Crippen LogP) is 0.569. The average Bonchev–Trinajstić information content (AvgIpc) is 2.76. The highest BCUT2D eigenvalue weighted by atomic mass is 16.4. The van der Waals surface area contributed by atoms with Gasteiger partial charge in [0, 0.05) is 24.9 Å². The Labute approximate surface area is 99.4 Å². The molecular formula is C11H17N3O3. The van der Waals surface area contributed by atoms with Crippen molar-refractivity contribution in [2.24, 2.45) is 5.92 Å². The topological polar surface area (TPSA) is 95.1 Å². The van der Waals surface area contributed by atoms with Crippen LogP contribution in [0.2, 0.25) is 0 Å². The van der Waals surface area contributed by atoms with E-state index >= 15 is 0 Å². The lowest BCUT2D eigenvalue weighted by molar-refractivity contribution is -0.137. The zero-order valence-electron chi connectivity index (χ0n) is 9.77. The van der Waals surface area contributed by atoms with Gasteiger partial charge in [0.25, 0.3) is 0 Å². The summed E-state index contributed by atoms with van der Waals surface area (Å²) in [5, 5.41) is 17.7. The minimum atomic E-state index is -0.805. The zero-order chi connectivity index (χ0) is 12.7. The van der Waals surface area contributed by atoms with Crippen LogP contribution in [0.25, 0.3) is 0 Å². The molecule has 0 aliphatic heterocycles. The molecule has 0 aliphatic rings. The quantitative estimate of drug-likeness (QED) is 0.648. The van der Waals surface area contributed by atoms with Crippen LogP contribution in [0.3, 0.4) is 0 Å². The molecule has 1 rings (SSSR count). The van der Waals surface area contributed by atoms with E-state index in [1.807, 2.05) is 6.92 Å². The lowest BCUT2D eigenvalue weighted by atomic mass is 10.1. The van der Waals surface area contributed by atoms with Gasteiger partial charge in [-0.05, 0) is 18.4 Å². The number of H-pyrrole nitrogens is 1. The Bertz CT molecular complexity index is 362. The second kappa shape index (κ2) is 6.67. The fourth-order valence-electron chi connectivity index (χ4n) is 1.38. The SMILES string of the molecule is CC(CCC(=O)O)CNC(=O)Cc1ccn[nH]1. The van der Waals surface area contributed by atoms with E-state index in [0.717, 1.165) is 5.69 Å². The van der Waals surface area contributed by atoms with Crippen molar-refractivity contribution in [2.45, 2.75) is 26.2 Å². The number of nitrogens with one attached hydrogen (secondary N) is 2. The Hall–Kier alpha value is -1.85. The van der Waals surface area contributed by atoms with E-state index in [1.165, 1.54) is 0 Å². The summed E-state index contributed by atoms with van der Waals surface area (Å²) >= 11 is 0. The van der Waals surface area contributed by atoms with Crippen molar-refractivity contribution >= 4 is 11.9 Å². The van der Waals surface area contributed by atoms with Crippen LogP contribution >= 0.6 is 0 Å². The first-order chi connectivity index (χ1) is 8.08. The minimum Gasteiger partial charge on any atom is -0.481 e. The number of carbonyl (C=O) groups excluding carboxylic acids is 1. The molecule has 6 heteroatoms. The lowest BCUT2D eigenvalue weighted by Gasteiger charge is -2.10. The van der Waals surface area contributed by atoms with Gasteiger partial charge in [0.15, 0.2) is 0 Å². The summed E-state index contributed by atoms with van der Waals surface area (Å²) in [7, 11) is 0. The van der Waals surface area contributed by atoms with Gasteiger partial charge in [-0.3, -0.25) is 14.7 Å². The molecule has 0 spiro atoms. The number of carboxylic acid groups (broad SMARTS) is 1. The second-order valence-corrected chi connectivity index (χ2v) is 4.10. The van der Waals surface area contributed by atoms with Gasteiger partial charge in [0.1, 0.15) is 0 Å². The second-order valence-electron chi connectivity index (χ2n) is 4.10. The number of carbonyl (C=O) groups is 2. The highest BCUT2D eigenvalue weighted by molar-refractivity contribution is 5.78. The molecule has 1 aromatic heterocycles. The Morgan fingerprint density at radius 3 is 2.94 bits per heavy atom. The van der Waals surface area contributed by atoms with E-state index in [2.05, 4.69) is 15.5 Å². The van der Waals surface area contributed by atoms with Crippen LogP contribution in [-0.2, 0) is 16.0 Å². The largest absolute Gasteiger partial charge is 0.481 e. The highest BCUT2D eigenvalue weighted by Gasteiger charge is 2.08. The number of hydrogen-bond acceptors (Lipinski definition) is 3. The van der Waals surface area contributed by atoms with Gasteiger partial charge in [-0.25, -0.2) is 0 Å². The van der Waals surface area contributed by atoms with Crippen LogP contribution in [-0.4, -0.2) is 33.7 Å². The van der Waals surface area contributed by atoms with Crippen molar-refractivity contribution in [1.82, 2.24) is 15.5 Å². The van der Waals surface area contributed by atoms with E-state index < -0.39 is 5.97 Å². The number of aromatic nitrogens is 2. The van der Waals surface area contributed by atoms with Crippen molar-refractivity contribution in [3.05, 3.63) is 18.0 Å². The van der Waals surface area contributed by atoms with Crippen molar-refractivity contribution in [2.75, 3.05) is 6.54 Å². The first kappa shape index (κ1) is 13.2. The molecule has 1 atom stereocenters. The number of aromatic amines is 1. The van der Waals surface area contributed by atoms with Gasteiger partial charge in [-0.2, -0.15) is 5.10 Å². The van der Waals surface area contributed by atoms with Crippen LogP contribution < -0.4 is 5.32 Å². The van der Waals surface area contributed by atoms with Crippen LogP contribution in [0.4, 0.5) is 0 Å². The Balaban J connectivity index is 2.17. The van der Waals surface area contributed by atoms with E-state index in [4.69, 9.17) is 5.11 Å². The summed E-state index contributed by atoms with van der Waals surface area (Å²) in [5.41, 5.74) is 0.765. The lowest BCUT2D eigenvalue weighted by Crippen LogP contribution is -2.29. The fraction of sp³-hybridized carbons (Fsp3) is 0.545. The number of carboxylic acids is 1. The van der Waals surface area contributed by atoms with Gasteiger partial charge in [-0.15, -0.1) is 0 Å². The summed E-state index contributed by atoms with van der Waals surface area (Å²) in [6.45, 7) is 2.42. The molecule has 3 N–H and O–H groups in total. The van der Waals surface area contributed by atoms with E-state index in [0.29, 0.717) is 13.0 Å². The number of rotatable bonds is 7. The molecule has 0 aliphatic carbocycles. The summed E-state index contributed by atoms with van der Waals surface area (Å²) in [5.74, 6) is -0.728. The number of nitrogens with zero attached hydrogens (tertiary/aromatic N) is 1. The van der Waals surface area contributed by atoms with E-state index in [-0.39, 0.29) is 24.7 Å². The molecule has 1 aromatic rings. The first-order valence-corrected chi connectivity index (χ1v) is 5.54. The molecule has 1 heterocycles. The molecule has 0 saturated heterocycles. The van der Waals surface area contributed by atoms with E-state index in [1.54, 1.807) is 12.3 Å². The molecule has 0 aromatic carbocycles. The molecule has 0 saturated carbocycles. The molecule has 1 unspecified atom stereocenters. The smallest absolute Gasteiger partial charge is 0.303 e. The molecule has 0 radical (unpaired) electrons. The van der Waals surface area contributed by atoms with Gasteiger partial charge < -0.3 is 10.4 Å². The van der Waals surface area contributed by atoms with Crippen molar-refractivity contribution in [1.29, 1.82) is 0 Å². The Kier molecular flexibility index (Phi) is 5.19. The maximum absolute atomic E-state index is 11.5. The molecule has 17 heavy (non-hydrogen) atoms. The summed E-state index contributed by atoms with van der Waals surface area (Å²) in [6.07, 6.45) is 2.57. The maximum atomic E-state index is 11.5. The third-order valence-corrected chi connectivity index (χ3v) is 2.41. The summed E-state index contributed by atoms with van der Waals surface area (Å²) < 4.78 is 0. The van der Waals surface area contributed by atoms with Crippen molar-refractivity contribution in [3.8, 4) is 0 Å². The van der Waals surface area contributed by atoms with Crippen LogP contribution in [0, 0.1) is 5.92 Å². The minimum absolute atomic E-state index is 0.0866. The first-order valence-electron chi connectivity index (χ1n) is 5.54. The number of amides is 1. The average molecular weight is 239 g/mol. The third-order valence-electron chi connectivity index (χ3n) is 2.41. The molecule has 6 nitrogen and oxygen atoms in total. The number of aliphatic carboxylic acids is 1. The van der Waals surface area contributed by atoms with Crippen LogP contribution in [0.5, 0.6) is 0 Å². The normalized spacial score (nSPS) is 12.1. The third kappa shape index (κ3) is 5.70. The maximum Gasteiger partial charge on any atom is 0.303 e. The van der Waals surface area contributed by atoms with Crippen LogP contribution in [0.15, 0.2) is 12.3 Å². The van der Waals surface area contributed by atoms with Crippen molar-refractivity contribution in [3.63, 3.8) is 0 Å². The monoisotopic (exact) mass is 239 g/mol. The molecule has 94 valence electrons. The van der Waals surface area contributed by atoms with Crippen molar-refractivity contribution < 1.29 is 14.7 Å². The van der Waals surface area contributed by atoms with Gasteiger partial charge >= 0.3 is 5.97 Å². The van der Waals surface area contributed by atoms with Gasteiger partial charge in [-0.1, -0.05) is 6.92 Å². The summed E-state index contributed by atoms with van der Waals surface area (Å²) in [6, 6.07) is 1.74.